The molecular weight excluding hydrogens is 546 g/mol. The quantitative estimate of drug-likeness (QED) is 0.0527. The lowest BCUT2D eigenvalue weighted by Gasteiger charge is -2.21. The van der Waals surface area contributed by atoms with Gasteiger partial charge in [0.15, 0.2) is 0 Å². The molecule has 0 aromatic carbocycles. The Morgan fingerprint density at radius 2 is 0.932 bits per heavy atom. The third-order valence-corrected chi connectivity index (χ3v) is 8.97. The predicted molar refractivity (Wildman–Crippen MR) is 189 cm³/mol. The third-order valence-electron chi connectivity index (χ3n) is 8.97. The van der Waals surface area contributed by atoms with Gasteiger partial charge in [-0.25, -0.2) is 0 Å². The Bertz CT molecular complexity index is 623. The molecule has 44 heavy (non-hydrogen) atoms. The van der Waals surface area contributed by atoms with Crippen molar-refractivity contribution in [2.75, 3.05) is 27.2 Å². The molecule has 0 bridgehead atoms. The average molecular weight is 624 g/mol. The number of unbranched alkanes of at least 4 members (excludes halogenated alkanes) is 20. The maximum atomic E-state index is 13.3. The fraction of sp³-hybridized carbons (Fsp3) is 0.949. The monoisotopic (exact) mass is 624 g/mol. The minimum atomic E-state index is -0.318. The highest BCUT2D eigenvalue weighted by Crippen LogP contribution is 2.21. The molecule has 0 aliphatic carbocycles. The van der Waals surface area contributed by atoms with Crippen LogP contribution in [-0.4, -0.2) is 50.2 Å². The molecule has 2 atom stereocenters. The number of carbonyl (C=O) groups is 2. The van der Waals surface area contributed by atoms with Crippen molar-refractivity contribution in [2.24, 2.45) is 5.92 Å². The number of hydrogen-bond donors (Lipinski definition) is 0. The summed E-state index contributed by atoms with van der Waals surface area (Å²) in [5.74, 6) is -0.228. The van der Waals surface area contributed by atoms with Crippen LogP contribution in [0.3, 0.4) is 0 Å². The molecule has 0 N–H and O–H groups in total. The summed E-state index contributed by atoms with van der Waals surface area (Å²) >= 11 is 0. The lowest BCUT2D eigenvalue weighted by Crippen LogP contribution is -2.28. The molecule has 2 unspecified atom stereocenters. The second-order valence-electron chi connectivity index (χ2n) is 13.8. The number of esters is 2. The van der Waals surface area contributed by atoms with Crippen LogP contribution < -0.4 is 0 Å². The fourth-order valence-electron chi connectivity index (χ4n) is 5.99. The first-order valence-electron chi connectivity index (χ1n) is 19.4. The average Bonchev–Trinajstić information content (AvgIpc) is 3.00. The Balaban J connectivity index is 4.75. The molecule has 0 radical (unpaired) electrons. The smallest absolute Gasteiger partial charge is 0.309 e. The molecule has 0 rings (SSSR count). The second kappa shape index (κ2) is 33.3. The van der Waals surface area contributed by atoms with E-state index in [0.29, 0.717) is 6.42 Å². The topological polar surface area (TPSA) is 55.8 Å². The number of ether oxygens (including phenoxy) is 2. The summed E-state index contributed by atoms with van der Waals surface area (Å²) in [6.07, 6.45) is 32.1. The summed E-state index contributed by atoms with van der Waals surface area (Å²) in [6, 6.07) is 0. The summed E-state index contributed by atoms with van der Waals surface area (Å²) in [7, 11) is 4.16. The Kier molecular flexibility index (Phi) is 32.4. The molecule has 0 saturated heterocycles. The van der Waals surface area contributed by atoms with E-state index >= 15 is 0 Å². The third kappa shape index (κ3) is 29.6. The number of nitrogens with zero attached hydrogens (tertiary/aromatic N) is 1. The minimum absolute atomic E-state index is 0.0203. The first-order valence-corrected chi connectivity index (χ1v) is 19.4. The van der Waals surface area contributed by atoms with Crippen molar-refractivity contribution in [1.29, 1.82) is 0 Å². The summed E-state index contributed by atoms with van der Waals surface area (Å²) in [5.41, 5.74) is 0. The van der Waals surface area contributed by atoms with Crippen LogP contribution in [0.25, 0.3) is 0 Å². The van der Waals surface area contributed by atoms with E-state index in [4.69, 9.17) is 9.47 Å². The van der Waals surface area contributed by atoms with Gasteiger partial charge in [0, 0.05) is 6.42 Å². The van der Waals surface area contributed by atoms with Gasteiger partial charge in [0.05, 0.1) is 5.92 Å². The van der Waals surface area contributed by atoms with Gasteiger partial charge in [0.1, 0.15) is 12.7 Å². The number of carbonyl (C=O) groups excluding carboxylic acids is 2. The minimum Gasteiger partial charge on any atom is -0.462 e. The van der Waals surface area contributed by atoms with Crippen LogP contribution >= 0.6 is 0 Å². The maximum Gasteiger partial charge on any atom is 0.309 e. The fourth-order valence-corrected chi connectivity index (χ4v) is 5.99. The van der Waals surface area contributed by atoms with Gasteiger partial charge in [0.25, 0.3) is 0 Å². The van der Waals surface area contributed by atoms with Crippen molar-refractivity contribution in [1.82, 2.24) is 4.90 Å². The summed E-state index contributed by atoms with van der Waals surface area (Å²) in [4.78, 5) is 28.1. The second-order valence-corrected chi connectivity index (χ2v) is 13.8. The molecule has 0 saturated carbocycles. The van der Waals surface area contributed by atoms with Crippen molar-refractivity contribution in [2.45, 2.75) is 207 Å². The Labute approximate surface area is 275 Å². The van der Waals surface area contributed by atoms with Crippen LogP contribution in [0.15, 0.2) is 0 Å². The van der Waals surface area contributed by atoms with Crippen LogP contribution in [0.2, 0.25) is 0 Å². The molecule has 0 aromatic rings. The SMILES string of the molecule is CCCCCCCCCCCCCC(COC(=O)C(CCCCCC)CCCCCCCC)OC(=O)CCCCCN(C)C. The lowest BCUT2D eigenvalue weighted by molar-refractivity contribution is -0.162. The molecule has 0 spiro atoms. The van der Waals surface area contributed by atoms with E-state index in [9.17, 15) is 9.59 Å². The van der Waals surface area contributed by atoms with Crippen molar-refractivity contribution in [3.8, 4) is 0 Å². The zero-order valence-corrected chi connectivity index (χ0v) is 30.4. The van der Waals surface area contributed by atoms with Crippen molar-refractivity contribution in [3.05, 3.63) is 0 Å². The van der Waals surface area contributed by atoms with Gasteiger partial charge in [-0.1, -0.05) is 156 Å². The summed E-state index contributed by atoms with van der Waals surface area (Å²) in [5, 5.41) is 0. The molecule has 5 heteroatoms. The van der Waals surface area contributed by atoms with Gasteiger partial charge >= 0.3 is 11.9 Å². The molecule has 0 amide bonds. The first kappa shape index (κ1) is 42.9. The van der Waals surface area contributed by atoms with Crippen molar-refractivity contribution in [3.63, 3.8) is 0 Å². The van der Waals surface area contributed by atoms with E-state index in [2.05, 4.69) is 39.8 Å². The lowest BCUT2D eigenvalue weighted by atomic mass is 9.94. The van der Waals surface area contributed by atoms with E-state index in [0.717, 1.165) is 70.8 Å². The number of rotatable bonds is 34. The summed E-state index contributed by atoms with van der Waals surface area (Å²) < 4.78 is 11.8. The molecule has 0 aliphatic rings. The molecule has 5 nitrogen and oxygen atoms in total. The standard InChI is InChI=1S/C39H77NO4/c1-6-9-12-15-17-18-19-20-21-23-27-32-37(44-38(41)33-28-24-29-34-40(4)5)35-43-39(42)36(30-25-14-11-8-3)31-26-22-16-13-10-7-2/h36-37H,6-35H2,1-5H3. The molecule has 0 heterocycles. The van der Waals surface area contributed by atoms with E-state index in [-0.39, 0.29) is 30.6 Å². The van der Waals surface area contributed by atoms with Gasteiger partial charge in [-0.2, -0.15) is 0 Å². The van der Waals surface area contributed by atoms with Gasteiger partial charge in [-0.3, -0.25) is 9.59 Å². The summed E-state index contributed by atoms with van der Waals surface area (Å²) in [6.45, 7) is 8.00. The Morgan fingerprint density at radius 1 is 0.523 bits per heavy atom. The molecule has 262 valence electrons. The highest BCUT2D eigenvalue weighted by atomic mass is 16.6. The van der Waals surface area contributed by atoms with Gasteiger partial charge in [-0.15, -0.1) is 0 Å². The largest absolute Gasteiger partial charge is 0.462 e. The Hall–Kier alpha value is -1.10. The molecule has 0 aromatic heterocycles. The van der Waals surface area contributed by atoms with Crippen LogP contribution in [0, 0.1) is 5.92 Å². The van der Waals surface area contributed by atoms with E-state index < -0.39 is 0 Å². The Morgan fingerprint density at radius 3 is 1.41 bits per heavy atom. The molecule has 0 aliphatic heterocycles. The van der Waals surface area contributed by atoms with Gasteiger partial charge < -0.3 is 14.4 Å². The van der Waals surface area contributed by atoms with E-state index in [1.165, 1.54) is 109 Å². The predicted octanol–water partition coefficient (Wildman–Crippen LogP) is 11.6. The van der Waals surface area contributed by atoms with Crippen LogP contribution in [-0.2, 0) is 19.1 Å². The van der Waals surface area contributed by atoms with Gasteiger partial charge in [-0.05, 0) is 59.2 Å². The van der Waals surface area contributed by atoms with Crippen LogP contribution in [0.5, 0.6) is 0 Å². The van der Waals surface area contributed by atoms with Gasteiger partial charge in [0.2, 0.25) is 0 Å². The normalized spacial score (nSPS) is 12.9. The first-order chi connectivity index (χ1) is 21.4. The zero-order valence-electron chi connectivity index (χ0n) is 30.4. The molecule has 0 fully saturated rings. The van der Waals surface area contributed by atoms with Crippen LogP contribution in [0.4, 0.5) is 0 Å². The highest BCUT2D eigenvalue weighted by Gasteiger charge is 2.22. The van der Waals surface area contributed by atoms with E-state index in [1.807, 2.05) is 0 Å². The molecular formula is C39H77NO4. The highest BCUT2D eigenvalue weighted by molar-refractivity contribution is 5.72. The maximum absolute atomic E-state index is 13.3. The number of hydrogen-bond acceptors (Lipinski definition) is 5. The zero-order chi connectivity index (χ0) is 32.5. The van der Waals surface area contributed by atoms with E-state index in [1.54, 1.807) is 0 Å². The van der Waals surface area contributed by atoms with Crippen molar-refractivity contribution >= 4 is 11.9 Å². The van der Waals surface area contributed by atoms with Crippen LogP contribution in [0.1, 0.15) is 201 Å². The van der Waals surface area contributed by atoms with Crippen molar-refractivity contribution < 1.29 is 19.1 Å².